The molecule has 2 aromatic rings. The van der Waals surface area contributed by atoms with Crippen LogP contribution in [0.4, 0.5) is 5.82 Å². The number of amides is 1. The number of fused-ring (bicyclic) bond motifs is 1. The zero-order valence-electron chi connectivity index (χ0n) is 10.2. The van der Waals surface area contributed by atoms with Crippen molar-refractivity contribution in [2.75, 3.05) is 11.9 Å². The number of ether oxygens (including phenoxy) is 2. The molecule has 0 radical (unpaired) electrons. The number of nitrogens with zero attached hydrogens (tertiary/aromatic N) is 2. The van der Waals surface area contributed by atoms with Crippen LogP contribution in [-0.2, 0) is 4.79 Å². The SMILES string of the molecule is O=C(Nc1cnc(Cl)cn1)C1COc2ccccc2O1. The fourth-order valence-electron chi connectivity index (χ4n) is 1.73. The van der Waals surface area contributed by atoms with Crippen molar-refractivity contribution in [1.29, 1.82) is 0 Å². The summed E-state index contributed by atoms with van der Waals surface area (Å²) in [5, 5.41) is 2.85. The molecule has 102 valence electrons. The number of benzene rings is 1. The fraction of sp³-hybridized carbons (Fsp3) is 0.154. The van der Waals surface area contributed by atoms with E-state index in [2.05, 4.69) is 15.3 Å². The first-order valence-corrected chi connectivity index (χ1v) is 6.27. The zero-order valence-corrected chi connectivity index (χ0v) is 11.0. The van der Waals surface area contributed by atoms with Crippen LogP contribution >= 0.6 is 11.6 Å². The quantitative estimate of drug-likeness (QED) is 0.915. The average molecular weight is 292 g/mol. The second kappa shape index (κ2) is 5.34. The Morgan fingerprint density at radius 2 is 2.05 bits per heavy atom. The second-order valence-corrected chi connectivity index (χ2v) is 4.47. The van der Waals surface area contributed by atoms with Gasteiger partial charge >= 0.3 is 0 Å². The normalized spacial score (nSPS) is 16.6. The Labute approximate surface area is 119 Å². The number of para-hydroxylation sites is 2. The van der Waals surface area contributed by atoms with Crippen LogP contribution < -0.4 is 14.8 Å². The molecule has 1 aromatic heterocycles. The molecule has 1 aromatic carbocycles. The van der Waals surface area contributed by atoms with Gasteiger partial charge in [0.2, 0.25) is 6.10 Å². The molecule has 1 N–H and O–H groups in total. The van der Waals surface area contributed by atoms with Crippen molar-refractivity contribution < 1.29 is 14.3 Å². The number of rotatable bonds is 2. The second-order valence-electron chi connectivity index (χ2n) is 4.08. The molecule has 2 heterocycles. The average Bonchev–Trinajstić information content (AvgIpc) is 2.49. The number of hydrogen-bond donors (Lipinski definition) is 1. The summed E-state index contributed by atoms with van der Waals surface area (Å²) in [5.41, 5.74) is 0. The molecule has 0 bridgehead atoms. The van der Waals surface area contributed by atoms with Crippen LogP contribution in [0.2, 0.25) is 5.15 Å². The van der Waals surface area contributed by atoms with Crippen molar-refractivity contribution in [3.8, 4) is 11.5 Å². The van der Waals surface area contributed by atoms with Crippen molar-refractivity contribution in [3.63, 3.8) is 0 Å². The van der Waals surface area contributed by atoms with Crippen LogP contribution in [0.15, 0.2) is 36.7 Å². The molecule has 1 unspecified atom stereocenters. The number of carbonyl (C=O) groups is 1. The maximum atomic E-state index is 12.0. The van der Waals surface area contributed by atoms with Gasteiger partial charge in [0.15, 0.2) is 17.3 Å². The molecule has 1 atom stereocenters. The minimum atomic E-state index is -0.734. The summed E-state index contributed by atoms with van der Waals surface area (Å²) in [5.74, 6) is 1.13. The van der Waals surface area contributed by atoms with E-state index in [0.29, 0.717) is 17.3 Å². The molecule has 0 fully saturated rings. The molecule has 0 aliphatic carbocycles. The van der Waals surface area contributed by atoms with Gasteiger partial charge in [0.25, 0.3) is 5.91 Å². The lowest BCUT2D eigenvalue weighted by molar-refractivity contribution is -0.125. The topological polar surface area (TPSA) is 73.3 Å². The van der Waals surface area contributed by atoms with E-state index in [1.54, 1.807) is 12.1 Å². The molecule has 0 saturated carbocycles. The first kappa shape index (κ1) is 12.7. The van der Waals surface area contributed by atoms with Crippen molar-refractivity contribution in [3.05, 3.63) is 41.8 Å². The van der Waals surface area contributed by atoms with Gasteiger partial charge in [-0.05, 0) is 12.1 Å². The van der Waals surface area contributed by atoms with E-state index in [0.717, 1.165) is 0 Å². The van der Waals surface area contributed by atoms with Gasteiger partial charge in [0.1, 0.15) is 11.8 Å². The predicted octanol–water partition coefficient (Wildman–Crippen LogP) is 1.91. The lowest BCUT2D eigenvalue weighted by Gasteiger charge is -2.25. The van der Waals surface area contributed by atoms with Crippen LogP contribution in [0, 0.1) is 0 Å². The molecule has 20 heavy (non-hydrogen) atoms. The molecular weight excluding hydrogens is 282 g/mol. The highest BCUT2D eigenvalue weighted by Gasteiger charge is 2.27. The predicted molar refractivity (Wildman–Crippen MR) is 72.0 cm³/mol. The Morgan fingerprint density at radius 1 is 1.25 bits per heavy atom. The van der Waals surface area contributed by atoms with Crippen LogP contribution in [0.1, 0.15) is 0 Å². The van der Waals surface area contributed by atoms with Crippen molar-refractivity contribution in [2.45, 2.75) is 6.10 Å². The number of hydrogen-bond acceptors (Lipinski definition) is 5. The molecule has 1 amide bonds. The number of nitrogens with one attached hydrogen (secondary N) is 1. The van der Waals surface area contributed by atoms with Gasteiger partial charge in [-0.2, -0.15) is 0 Å². The van der Waals surface area contributed by atoms with Crippen LogP contribution in [0.3, 0.4) is 0 Å². The lowest BCUT2D eigenvalue weighted by Crippen LogP contribution is -2.40. The third-order valence-electron chi connectivity index (χ3n) is 2.67. The first-order chi connectivity index (χ1) is 9.72. The number of halogens is 1. The van der Waals surface area contributed by atoms with Crippen LogP contribution in [0.5, 0.6) is 11.5 Å². The monoisotopic (exact) mass is 291 g/mol. The van der Waals surface area contributed by atoms with E-state index >= 15 is 0 Å². The van der Waals surface area contributed by atoms with Crippen LogP contribution in [-0.4, -0.2) is 28.6 Å². The smallest absolute Gasteiger partial charge is 0.270 e. The van der Waals surface area contributed by atoms with Gasteiger partial charge in [0, 0.05) is 0 Å². The highest BCUT2D eigenvalue weighted by Crippen LogP contribution is 2.31. The third-order valence-corrected chi connectivity index (χ3v) is 2.87. The number of anilines is 1. The highest BCUT2D eigenvalue weighted by atomic mass is 35.5. The molecule has 7 heteroatoms. The number of carbonyl (C=O) groups excluding carboxylic acids is 1. The summed E-state index contributed by atoms with van der Waals surface area (Å²) in [6, 6.07) is 7.18. The highest BCUT2D eigenvalue weighted by molar-refractivity contribution is 6.29. The van der Waals surface area contributed by atoms with Gasteiger partial charge in [-0.1, -0.05) is 23.7 Å². The third kappa shape index (κ3) is 2.65. The summed E-state index contributed by atoms with van der Waals surface area (Å²) >= 11 is 5.62. The van der Waals surface area contributed by atoms with Crippen molar-refractivity contribution in [2.24, 2.45) is 0 Å². The van der Waals surface area contributed by atoms with E-state index in [4.69, 9.17) is 21.1 Å². The van der Waals surface area contributed by atoms with Gasteiger partial charge in [-0.25, -0.2) is 9.97 Å². The summed E-state index contributed by atoms with van der Waals surface area (Å²) < 4.78 is 11.0. The van der Waals surface area contributed by atoms with E-state index in [1.807, 2.05) is 12.1 Å². The Hall–Kier alpha value is -2.34. The van der Waals surface area contributed by atoms with Crippen LogP contribution in [0.25, 0.3) is 0 Å². The Balaban J connectivity index is 1.68. The summed E-state index contributed by atoms with van der Waals surface area (Å²) in [4.78, 5) is 19.8. The van der Waals surface area contributed by atoms with Gasteiger partial charge in [-0.15, -0.1) is 0 Å². The standard InChI is InChI=1S/C13H10ClN3O3/c14-11-5-16-12(6-15-11)17-13(18)10-7-19-8-3-1-2-4-9(8)20-10/h1-6,10H,7H2,(H,16,17,18). The minimum absolute atomic E-state index is 0.143. The molecule has 0 spiro atoms. The molecule has 1 aliphatic rings. The van der Waals surface area contributed by atoms with Gasteiger partial charge in [0.05, 0.1) is 12.4 Å². The maximum absolute atomic E-state index is 12.0. The lowest BCUT2D eigenvalue weighted by atomic mass is 10.2. The molecular formula is C13H10ClN3O3. The zero-order chi connectivity index (χ0) is 13.9. The van der Waals surface area contributed by atoms with E-state index < -0.39 is 6.10 Å². The number of aromatic nitrogens is 2. The van der Waals surface area contributed by atoms with E-state index in [9.17, 15) is 4.79 Å². The van der Waals surface area contributed by atoms with E-state index in [-0.39, 0.29) is 17.7 Å². The minimum Gasteiger partial charge on any atom is -0.485 e. The first-order valence-electron chi connectivity index (χ1n) is 5.89. The molecule has 0 saturated heterocycles. The fourth-order valence-corrected chi connectivity index (χ4v) is 1.83. The van der Waals surface area contributed by atoms with E-state index in [1.165, 1.54) is 12.4 Å². The maximum Gasteiger partial charge on any atom is 0.270 e. The Morgan fingerprint density at radius 3 is 2.80 bits per heavy atom. The molecule has 1 aliphatic heterocycles. The molecule has 3 rings (SSSR count). The Bertz CT molecular complexity index is 633. The van der Waals surface area contributed by atoms with Crippen molar-refractivity contribution in [1.82, 2.24) is 9.97 Å². The Kier molecular flexibility index (Phi) is 3.39. The molecule has 6 nitrogen and oxygen atoms in total. The summed E-state index contributed by atoms with van der Waals surface area (Å²) in [6.07, 6.45) is 1.99. The largest absolute Gasteiger partial charge is 0.485 e. The van der Waals surface area contributed by atoms with Crippen molar-refractivity contribution >= 4 is 23.3 Å². The van der Waals surface area contributed by atoms with Gasteiger partial charge in [-0.3, -0.25) is 4.79 Å². The summed E-state index contributed by atoms with van der Waals surface area (Å²) in [6.45, 7) is 0.143. The summed E-state index contributed by atoms with van der Waals surface area (Å²) in [7, 11) is 0. The van der Waals surface area contributed by atoms with Gasteiger partial charge < -0.3 is 14.8 Å².